The highest BCUT2D eigenvalue weighted by molar-refractivity contribution is 7.27. The monoisotopic (exact) mass is 762 g/mol. The number of hydrogen-bond acceptors (Lipinski definition) is 1. The highest BCUT2D eigenvalue weighted by atomic mass is 32.1. The molecule has 0 atom stereocenters. The van der Waals surface area contributed by atoms with Crippen molar-refractivity contribution in [2.24, 2.45) is 0 Å². The number of fused-ring (bicyclic) bond motifs is 14. The molecule has 0 aliphatic heterocycles. The van der Waals surface area contributed by atoms with Crippen molar-refractivity contribution in [1.82, 2.24) is 0 Å². The molecule has 13 rings (SSSR count). The number of benzene rings is 12. The van der Waals surface area contributed by atoms with Gasteiger partial charge in [0.2, 0.25) is 0 Å². The van der Waals surface area contributed by atoms with Crippen LogP contribution in [0.4, 0.5) is 0 Å². The lowest BCUT2D eigenvalue weighted by molar-refractivity contribution is 1.68. The summed E-state index contributed by atoms with van der Waals surface area (Å²) in [5.41, 5.74) is 7.64. The van der Waals surface area contributed by atoms with Gasteiger partial charge in [-0.3, -0.25) is 0 Å². The summed E-state index contributed by atoms with van der Waals surface area (Å²) < 4.78 is 2.69. The molecular formula is C58H34S. The van der Waals surface area contributed by atoms with Crippen LogP contribution in [-0.4, -0.2) is 0 Å². The zero-order valence-electron chi connectivity index (χ0n) is 32.0. The van der Waals surface area contributed by atoms with E-state index in [-0.39, 0.29) is 0 Å². The van der Waals surface area contributed by atoms with Crippen molar-refractivity contribution in [3.05, 3.63) is 206 Å². The maximum Gasteiger partial charge on any atom is 0.0440 e. The molecule has 0 fully saturated rings. The number of rotatable bonds is 3. The third-order valence-electron chi connectivity index (χ3n) is 12.8. The molecule has 0 bridgehead atoms. The van der Waals surface area contributed by atoms with Crippen LogP contribution in [0.5, 0.6) is 0 Å². The third kappa shape index (κ3) is 4.65. The molecule has 59 heavy (non-hydrogen) atoms. The van der Waals surface area contributed by atoms with Crippen molar-refractivity contribution >= 4 is 107 Å². The molecule has 0 saturated heterocycles. The zero-order chi connectivity index (χ0) is 38.6. The Morgan fingerprint density at radius 3 is 1.24 bits per heavy atom. The molecular weight excluding hydrogens is 729 g/mol. The van der Waals surface area contributed by atoms with Crippen LogP contribution in [0, 0.1) is 0 Å². The standard InChI is InChI=1S/C58H34S/c1-2-18-36-35(16-1)17-15-31-43(36)54-46-26-10-12-28-48(46)55(49-29-13-11-27-47(49)54)50-33-32-42(37-19-3-4-20-38(37)50)52-34-53-56(44-24-8-6-23-41(44)52)57-45-25-9-5-21-39(45)40-22-7-14-30-51(40)58(57)59-53/h1-34H. The smallest absolute Gasteiger partial charge is 0.0440 e. The lowest BCUT2D eigenvalue weighted by atomic mass is 9.82. The van der Waals surface area contributed by atoms with E-state index >= 15 is 0 Å². The summed E-state index contributed by atoms with van der Waals surface area (Å²) in [5, 5.41) is 20.7. The lowest BCUT2D eigenvalue weighted by Gasteiger charge is -2.20. The van der Waals surface area contributed by atoms with Crippen LogP contribution >= 0.6 is 11.3 Å². The van der Waals surface area contributed by atoms with Crippen LogP contribution in [0.2, 0.25) is 0 Å². The van der Waals surface area contributed by atoms with Crippen molar-refractivity contribution in [2.75, 3.05) is 0 Å². The fraction of sp³-hybridized carbons (Fsp3) is 0. The Morgan fingerprint density at radius 1 is 0.237 bits per heavy atom. The van der Waals surface area contributed by atoms with Gasteiger partial charge in [0.15, 0.2) is 0 Å². The van der Waals surface area contributed by atoms with Crippen LogP contribution < -0.4 is 0 Å². The van der Waals surface area contributed by atoms with E-state index in [0.29, 0.717) is 0 Å². The summed E-state index contributed by atoms with van der Waals surface area (Å²) in [6.07, 6.45) is 0. The summed E-state index contributed by atoms with van der Waals surface area (Å²) in [7, 11) is 0. The third-order valence-corrected chi connectivity index (χ3v) is 14.0. The molecule has 0 amide bonds. The molecule has 13 aromatic rings. The Morgan fingerprint density at radius 2 is 0.627 bits per heavy atom. The van der Waals surface area contributed by atoms with Gasteiger partial charge in [-0.05, 0) is 109 Å². The van der Waals surface area contributed by atoms with Crippen molar-refractivity contribution < 1.29 is 0 Å². The minimum Gasteiger partial charge on any atom is -0.134 e. The maximum absolute atomic E-state index is 2.48. The van der Waals surface area contributed by atoms with Gasteiger partial charge in [-0.2, -0.15) is 0 Å². The second-order valence-electron chi connectivity index (χ2n) is 15.8. The molecule has 12 aromatic carbocycles. The van der Waals surface area contributed by atoms with E-state index in [1.807, 2.05) is 11.3 Å². The largest absolute Gasteiger partial charge is 0.134 e. The van der Waals surface area contributed by atoms with Gasteiger partial charge in [-0.1, -0.05) is 200 Å². The molecule has 0 N–H and O–H groups in total. The SMILES string of the molecule is c1ccc2c(-c3c4ccccc4c(-c4ccc(-c5cc6sc7c8ccccc8c8ccccc8c7c6c6ccccc56)c5ccccc45)c4ccccc34)cccc2c1. The highest BCUT2D eigenvalue weighted by Crippen LogP contribution is 2.51. The molecule has 0 aliphatic carbocycles. The predicted octanol–water partition coefficient (Wildman–Crippen LogP) is 17.1. The summed E-state index contributed by atoms with van der Waals surface area (Å²) in [6.45, 7) is 0. The molecule has 0 spiro atoms. The first-order valence-corrected chi connectivity index (χ1v) is 21.2. The quantitative estimate of drug-likeness (QED) is 0.124. The van der Waals surface area contributed by atoms with Gasteiger partial charge in [0.1, 0.15) is 0 Å². The molecule has 1 heterocycles. The van der Waals surface area contributed by atoms with E-state index in [0.717, 1.165) is 0 Å². The number of thiophene rings is 1. The van der Waals surface area contributed by atoms with E-state index in [1.165, 1.54) is 129 Å². The molecule has 0 radical (unpaired) electrons. The Labute approximate surface area is 344 Å². The first-order valence-electron chi connectivity index (χ1n) is 20.4. The number of hydrogen-bond donors (Lipinski definition) is 0. The van der Waals surface area contributed by atoms with Crippen molar-refractivity contribution in [2.45, 2.75) is 0 Å². The second-order valence-corrected chi connectivity index (χ2v) is 16.9. The van der Waals surface area contributed by atoms with E-state index in [4.69, 9.17) is 0 Å². The first-order chi connectivity index (χ1) is 29.3. The molecule has 1 aromatic heterocycles. The summed E-state index contributed by atoms with van der Waals surface area (Å²) >= 11 is 1.94. The van der Waals surface area contributed by atoms with E-state index < -0.39 is 0 Å². The Balaban J connectivity index is 1.11. The van der Waals surface area contributed by atoms with Gasteiger partial charge in [0.05, 0.1) is 0 Å². The topological polar surface area (TPSA) is 0 Å². The molecule has 0 nitrogen and oxygen atoms in total. The molecule has 0 aliphatic rings. The average molecular weight is 763 g/mol. The molecule has 0 unspecified atom stereocenters. The van der Waals surface area contributed by atoms with Crippen LogP contribution in [-0.2, 0) is 0 Å². The highest BCUT2D eigenvalue weighted by Gasteiger charge is 2.22. The van der Waals surface area contributed by atoms with E-state index in [9.17, 15) is 0 Å². The minimum absolute atomic E-state index is 1.26. The van der Waals surface area contributed by atoms with Gasteiger partial charge < -0.3 is 0 Å². The van der Waals surface area contributed by atoms with Crippen molar-refractivity contribution in [1.29, 1.82) is 0 Å². The predicted molar refractivity (Wildman–Crippen MR) is 258 cm³/mol. The first kappa shape index (κ1) is 32.7. The fourth-order valence-electron chi connectivity index (χ4n) is 10.4. The molecule has 272 valence electrons. The maximum atomic E-state index is 2.48. The van der Waals surface area contributed by atoms with Gasteiger partial charge in [-0.15, -0.1) is 11.3 Å². The van der Waals surface area contributed by atoms with Crippen LogP contribution in [0.1, 0.15) is 0 Å². The normalized spacial score (nSPS) is 12.1. The Hall–Kier alpha value is -7.32. The second kappa shape index (κ2) is 12.6. The summed E-state index contributed by atoms with van der Waals surface area (Å²) in [6, 6.07) is 76.8. The molecule has 1 heteroatoms. The van der Waals surface area contributed by atoms with Crippen LogP contribution in [0.15, 0.2) is 206 Å². The van der Waals surface area contributed by atoms with Crippen LogP contribution in [0.3, 0.4) is 0 Å². The van der Waals surface area contributed by atoms with Gasteiger partial charge in [-0.25, -0.2) is 0 Å². The summed E-state index contributed by atoms with van der Waals surface area (Å²) in [5.74, 6) is 0. The van der Waals surface area contributed by atoms with Crippen LogP contribution in [0.25, 0.3) is 129 Å². The Bertz CT molecular complexity index is 3840. The minimum atomic E-state index is 1.26. The molecule has 0 saturated carbocycles. The van der Waals surface area contributed by atoms with Gasteiger partial charge >= 0.3 is 0 Å². The zero-order valence-corrected chi connectivity index (χ0v) is 32.9. The Kier molecular flexibility index (Phi) is 6.98. The van der Waals surface area contributed by atoms with Crippen molar-refractivity contribution in [3.8, 4) is 33.4 Å². The van der Waals surface area contributed by atoms with Crippen molar-refractivity contribution in [3.63, 3.8) is 0 Å². The lowest BCUT2D eigenvalue weighted by Crippen LogP contribution is -1.93. The average Bonchev–Trinajstić information content (AvgIpc) is 3.71. The van der Waals surface area contributed by atoms with Gasteiger partial charge in [0.25, 0.3) is 0 Å². The van der Waals surface area contributed by atoms with E-state index in [2.05, 4.69) is 206 Å². The fourth-order valence-corrected chi connectivity index (χ4v) is 11.7. The van der Waals surface area contributed by atoms with E-state index in [1.54, 1.807) is 0 Å². The summed E-state index contributed by atoms with van der Waals surface area (Å²) in [4.78, 5) is 0. The van der Waals surface area contributed by atoms with Gasteiger partial charge in [0, 0.05) is 25.6 Å².